The maximum atomic E-state index is 13.6. The minimum atomic E-state index is -0.932. The monoisotopic (exact) mass is 301 g/mol. The van der Waals surface area contributed by atoms with Crippen LogP contribution in [0.1, 0.15) is 31.2 Å². The molecule has 1 aliphatic rings. The standard InChI is InChI=1S/C15H18ClF2NO/c16-8-9-19(12-5-1-2-6-12)14(20)10-11-4-3-7-13(17)15(11)18/h3-4,7,12H,1-2,5-6,8-10H2. The summed E-state index contributed by atoms with van der Waals surface area (Å²) in [5.41, 5.74) is 0.104. The van der Waals surface area contributed by atoms with E-state index in [4.69, 9.17) is 11.6 Å². The highest BCUT2D eigenvalue weighted by molar-refractivity contribution is 6.18. The van der Waals surface area contributed by atoms with Gasteiger partial charge in [-0.25, -0.2) is 8.78 Å². The second kappa shape index (κ2) is 7.02. The second-order valence-corrected chi connectivity index (χ2v) is 5.48. The molecule has 0 spiro atoms. The Kier molecular flexibility index (Phi) is 5.35. The molecule has 0 unspecified atom stereocenters. The summed E-state index contributed by atoms with van der Waals surface area (Å²) in [5.74, 6) is -1.67. The number of alkyl halides is 1. The highest BCUT2D eigenvalue weighted by Crippen LogP contribution is 2.24. The molecule has 1 aromatic carbocycles. The van der Waals surface area contributed by atoms with Crippen molar-refractivity contribution in [1.29, 1.82) is 0 Å². The zero-order valence-corrected chi connectivity index (χ0v) is 12.0. The van der Waals surface area contributed by atoms with Crippen LogP contribution in [0.25, 0.3) is 0 Å². The Bertz CT molecular complexity index is 475. The molecule has 1 aliphatic carbocycles. The minimum absolute atomic E-state index is 0.104. The molecular weight excluding hydrogens is 284 g/mol. The summed E-state index contributed by atoms with van der Waals surface area (Å²) in [6.07, 6.45) is 4.02. The summed E-state index contributed by atoms with van der Waals surface area (Å²) in [5, 5.41) is 0. The molecule has 1 fully saturated rings. The summed E-state index contributed by atoms with van der Waals surface area (Å²) >= 11 is 5.75. The van der Waals surface area contributed by atoms with Gasteiger partial charge in [-0.05, 0) is 18.9 Å². The van der Waals surface area contributed by atoms with Gasteiger partial charge in [0.05, 0.1) is 6.42 Å². The molecule has 1 saturated carbocycles. The number of rotatable bonds is 5. The molecule has 0 saturated heterocycles. The van der Waals surface area contributed by atoms with Crippen molar-refractivity contribution in [2.24, 2.45) is 0 Å². The van der Waals surface area contributed by atoms with E-state index in [1.165, 1.54) is 12.1 Å². The minimum Gasteiger partial charge on any atom is -0.338 e. The number of hydrogen-bond donors (Lipinski definition) is 0. The van der Waals surface area contributed by atoms with E-state index in [-0.39, 0.29) is 23.9 Å². The molecule has 0 radical (unpaired) electrons. The van der Waals surface area contributed by atoms with Crippen molar-refractivity contribution < 1.29 is 13.6 Å². The van der Waals surface area contributed by atoms with E-state index in [0.717, 1.165) is 31.7 Å². The second-order valence-electron chi connectivity index (χ2n) is 5.10. The molecule has 0 aliphatic heterocycles. The zero-order valence-electron chi connectivity index (χ0n) is 11.2. The SMILES string of the molecule is O=C(Cc1cccc(F)c1F)N(CCCl)C1CCCC1. The average molecular weight is 302 g/mol. The van der Waals surface area contributed by atoms with Crippen LogP contribution >= 0.6 is 11.6 Å². The van der Waals surface area contributed by atoms with E-state index >= 15 is 0 Å². The highest BCUT2D eigenvalue weighted by Gasteiger charge is 2.26. The molecule has 0 heterocycles. The molecule has 0 atom stereocenters. The third-order valence-corrected chi connectivity index (χ3v) is 3.95. The van der Waals surface area contributed by atoms with Crippen LogP contribution in [0.4, 0.5) is 8.78 Å². The molecule has 5 heteroatoms. The van der Waals surface area contributed by atoms with Crippen molar-refractivity contribution in [3.63, 3.8) is 0 Å². The third kappa shape index (κ3) is 3.48. The lowest BCUT2D eigenvalue weighted by molar-refractivity contribution is -0.132. The van der Waals surface area contributed by atoms with Crippen LogP contribution in [0.3, 0.4) is 0 Å². The smallest absolute Gasteiger partial charge is 0.227 e. The van der Waals surface area contributed by atoms with Crippen LogP contribution < -0.4 is 0 Å². The van der Waals surface area contributed by atoms with Gasteiger partial charge in [-0.3, -0.25) is 4.79 Å². The zero-order chi connectivity index (χ0) is 14.5. The van der Waals surface area contributed by atoms with Crippen molar-refractivity contribution in [3.05, 3.63) is 35.4 Å². The van der Waals surface area contributed by atoms with Crippen LogP contribution in [0.2, 0.25) is 0 Å². The van der Waals surface area contributed by atoms with Crippen molar-refractivity contribution >= 4 is 17.5 Å². The van der Waals surface area contributed by atoms with Crippen LogP contribution in [-0.2, 0) is 11.2 Å². The number of carbonyl (C=O) groups excluding carboxylic acids is 1. The third-order valence-electron chi connectivity index (χ3n) is 3.78. The molecular formula is C15H18ClF2NO. The van der Waals surface area contributed by atoms with Crippen LogP contribution in [0.15, 0.2) is 18.2 Å². The van der Waals surface area contributed by atoms with Crippen LogP contribution in [0.5, 0.6) is 0 Å². The van der Waals surface area contributed by atoms with E-state index in [9.17, 15) is 13.6 Å². The molecule has 110 valence electrons. The van der Waals surface area contributed by atoms with Gasteiger partial charge in [-0.1, -0.05) is 25.0 Å². The lowest BCUT2D eigenvalue weighted by Crippen LogP contribution is -2.41. The fourth-order valence-electron chi connectivity index (χ4n) is 2.77. The molecule has 0 N–H and O–H groups in total. The quantitative estimate of drug-likeness (QED) is 0.762. The molecule has 20 heavy (non-hydrogen) atoms. The molecule has 1 amide bonds. The van der Waals surface area contributed by atoms with E-state index in [0.29, 0.717) is 12.4 Å². The first-order chi connectivity index (χ1) is 9.63. The van der Waals surface area contributed by atoms with Gasteiger partial charge >= 0.3 is 0 Å². The normalized spacial score (nSPS) is 15.6. The number of halogens is 3. The van der Waals surface area contributed by atoms with Crippen molar-refractivity contribution in [3.8, 4) is 0 Å². The predicted octanol–water partition coefficient (Wildman–Crippen LogP) is 3.52. The van der Waals surface area contributed by atoms with E-state index < -0.39 is 11.6 Å². The maximum absolute atomic E-state index is 13.6. The number of nitrogens with zero attached hydrogens (tertiary/aromatic N) is 1. The Morgan fingerprint density at radius 3 is 2.65 bits per heavy atom. The molecule has 0 aromatic heterocycles. The Hall–Kier alpha value is -1.16. The average Bonchev–Trinajstić information content (AvgIpc) is 2.95. The fraction of sp³-hybridized carbons (Fsp3) is 0.533. The summed E-state index contributed by atoms with van der Waals surface area (Å²) in [6.45, 7) is 0.460. The Morgan fingerprint density at radius 2 is 2.00 bits per heavy atom. The molecule has 2 rings (SSSR count). The summed E-state index contributed by atoms with van der Waals surface area (Å²) in [7, 11) is 0. The van der Waals surface area contributed by atoms with Gasteiger partial charge in [0.25, 0.3) is 0 Å². The summed E-state index contributed by atoms with van der Waals surface area (Å²) in [6, 6.07) is 4.11. The van der Waals surface area contributed by atoms with Crippen molar-refractivity contribution in [1.82, 2.24) is 4.90 Å². The lowest BCUT2D eigenvalue weighted by Gasteiger charge is -2.28. The number of carbonyl (C=O) groups is 1. The largest absolute Gasteiger partial charge is 0.338 e. The topological polar surface area (TPSA) is 20.3 Å². The molecule has 1 aromatic rings. The van der Waals surface area contributed by atoms with Gasteiger partial charge in [0.1, 0.15) is 0 Å². The number of benzene rings is 1. The van der Waals surface area contributed by atoms with Gasteiger partial charge in [0.2, 0.25) is 5.91 Å². The molecule has 0 bridgehead atoms. The van der Waals surface area contributed by atoms with E-state index in [1.54, 1.807) is 4.90 Å². The highest BCUT2D eigenvalue weighted by atomic mass is 35.5. The van der Waals surface area contributed by atoms with Gasteiger partial charge in [-0.15, -0.1) is 11.6 Å². The summed E-state index contributed by atoms with van der Waals surface area (Å²) < 4.78 is 26.8. The first-order valence-electron chi connectivity index (χ1n) is 6.92. The first-order valence-corrected chi connectivity index (χ1v) is 7.45. The van der Waals surface area contributed by atoms with Crippen LogP contribution in [-0.4, -0.2) is 29.3 Å². The van der Waals surface area contributed by atoms with Gasteiger partial charge in [-0.2, -0.15) is 0 Å². The van der Waals surface area contributed by atoms with Crippen LogP contribution in [0, 0.1) is 11.6 Å². The Balaban J connectivity index is 2.09. The Labute approximate surface area is 122 Å². The first kappa shape index (κ1) is 15.2. The lowest BCUT2D eigenvalue weighted by atomic mass is 10.1. The van der Waals surface area contributed by atoms with Gasteiger partial charge in [0, 0.05) is 24.0 Å². The maximum Gasteiger partial charge on any atom is 0.227 e. The number of hydrogen-bond acceptors (Lipinski definition) is 1. The number of amides is 1. The van der Waals surface area contributed by atoms with Gasteiger partial charge in [0.15, 0.2) is 11.6 Å². The van der Waals surface area contributed by atoms with Crippen molar-refractivity contribution in [2.75, 3.05) is 12.4 Å². The fourth-order valence-corrected chi connectivity index (χ4v) is 2.95. The predicted molar refractivity (Wildman–Crippen MR) is 74.8 cm³/mol. The Morgan fingerprint density at radius 1 is 1.30 bits per heavy atom. The summed E-state index contributed by atoms with van der Waals surface area (Å²) in [4.78, 5) is 14.1. The van der Waals surface area contributed by atoms with Crippen molar-refractivity contribution in [2.45, 2.75) is 38.1 Å². The van der Waals surface area contributed by atoms with E-state index in [2.05, 4.69) is 0 Å². The molecule has 2 nitrogen and oxygen atoms in total. The van der Waals surface area contributed by atoms with E-state index in [1.807, 2.05) is 0 Å². The van der Waals surface area contributed by atoms with Gasteiger partial charge < -0.3 is 4.90 Å².